The summed E-state index contributed by atoms with van der Waals surface area (Å²) in [6, 6.07) is 6.22. The minimum Gasteiger partial charge on any atom is -0.465 e. The fraction of sp³-hybridized carbons (Fsp3) is 0.438. The van der Waals surface area contributed by atoms with Gasteiger partial charge in [0.05, 0.1) is 12.7 Å². The van der Waals surface area contributed by atoms with E-state index in [1.165, 1.54) is 19.2 Å². The molecule has 6 heteroatoms. The molecular formula is C16H20N2O4. The molecule has 2 rings (SSSR count). The van der Waals surface area contributed by atoms with Gasteiger partial charge in [0, 0.05) is 18.8 Å². The molecule has 0 bridgehead atoms. The number of carbonyl (C=O) groups is 3. The first-order valence-electron chi connectivity index (χ1n) is 7.40. The largest absolute Gasteiger partial charge is 0.465 e. The number of ether oxygens (including phenoxy) is 1. The highest BCUT2D eigenvalue weighted by atomic mass is 16.5. The third kappa shape index (κ3) is 4.07. The number of carbonyl (C=O) groups excluding carboxylic acids is 3. The molecular weight excluding hydrogens is 284 g/mol. The highest BCUT2D eigenvalue weighted by Crippen LogP contribution is 2.13. The second kappa shape index (κ2) is 7.59. The van der Waals surface area contributed by atoms with Gasteiger partial charge in [-0.3, -0.25) is 9.59 Å². The zero-order chi connectivity index (χ0) is 15.9. The van der Waals surface area contributed by atoms with Crippen molar-refractivity contribution in [1.29, 1.82) is 0 Å². The third-order valence-electron chi connectivity index (χ3n) is 3.65. The number of anilines is 1. The van der Waals surface area contributed by atoms with Gasteiger partial charge in [0.15, 0.2) is 0 Å². The summed E-state index contributed by atoms with van der Waals surface area (Å²) >= 11 is 0. The van der Waals surface area contributed by atoms with E-state index in [2.05, 4.69) is 10.1 Å². The van der Waals surface area contributed by atoms with Crippen LogP contribution in [0.1, 0.15) is 36.0 Å². The molecule has 1 heterocycles. The lowest BCUT2D eigenvalue weighted by Gasteiger charge is -2.19. The van der Waals surface area contributed by atoms with Crippen LogP contribution in [0.25, 0.3) is 0 Å². The van der Waals surface area contributed by atoms with Gasteiger partial charge in [-0.25, -0.2) is 4.79 Å². The molecule has 0 saturated carbocycles. The number of hydrogen-bond donors (Lipinski definition) is 1. The summed E-state index contributed by atoms with van der Waals surface area (Å²) in [4.78, 5) is 37.0. The Kier molecular flexibility index (Phi) is 5.52. The molecule has 22 heavy (non-hydrogen) atoms. The number of rotatable bonds is 2. The summed E-state index contributed by atoms with van der Waals surface area (Å²) in [6.45, 7) is 1.26. The zero-order valence-electron chi connectivity index (χ0n) is 12.6. The summed E-state index contributed by atoms with van der Waals surface area (Å²) in [7, 11) is 1.30. The molecule has 118 valence electrons. The van der Waals surface area contributed by atoms with Crippen LogP contribution in [0.2, 0.25) is 0 Å². The Morgan fingerprint density at radius 2 is 1.59 bits per heavy atom. The van der Waals surface area contributed by atoms with Crippen LogP contribution in [0.5, 0.6) is 0 Å². The number of likely N-dealkylation sites (tertiary alicyclic amines) is 1. The van der Waals surface area contributed by atoms with E-state index in [9.17, 15) is 14.4 Å². The second-order valence-corrected chi connectivity index (χ2v) is 5.23. The molecule has 0 aliphatic carbocycles. The Morgan fingerprint density at radius 3 is 2.14 bits per heavy atom. The molecule has 1 aromatic rings. The van der Waals surface area contributed by atoms with E-state index in [-0.39, 0.29) is 0 Å². The molecule has 0 spiro atoms. The van der Waals surface area contributed by atoms with Crippen molar-refractivity contribution in [3.8, 4) is 0 Å². The maximum absolute atomic E-state index is 12.1. The quantitative estimate of drug-likeness (QED) is 0.668. The van der Waals surface area contributed by atoms with Gasteiger partial charge in [-0.05, 0) is 37.1 Å². The molecule has 1 fully saturated rings. The van der Waals surface area contributed by atoms with E-state index in [1.807, 2.05) is 0 Å². The molecule has 1 N–H and O–H groups in total. The number of nitrogens with one attached hydrogen (secondary N) is 1. The van der Waals surface area contributed by atoms with Crippen molar-refractivity contribution < 1.29 is 19.1 Å². The molecule has 1 saturated heterocycles. The van der Waals surface area contributed by atoms with Crippen LogP contribution in [0.15, 0.2) is 24.3 Å². The van der Waals surface area contributed by atoms with E-state index in [1.54, 1.807) is 17.0 Å². The molecule has 0 radical (unpaired) electrons. The van der Waals surface area contributed by atoms with Crippen molar-refractivity contribution in [2.24, 2.45) is 0 Å². The lowest BCUT2D eigenvalue weighted by Crippen LogP contribution is -2.40. The van der Waals surface area contributed by atoms with Crippen molar-refractivity contribution in [3.63, 3.8) is 0 Å². The molecule has 2 amide bonds. The highest BCUT2D eigenvalue weighted by Gasteiger charge is 2.22. The zero-order valence-corrected chi connectivity index (χ0v) is 12.6. The second-order valence-electron chi connectivity index (χ2n) is 5.23. The first-order valence-corrected chi connectivity index (χ1v) is 7.40. The van der Waals surface area contributed by atoms with Crippen molar-refractivity contribution in [2.75, 3.05) is 25.5 Å². The highest BCUT2D eigenvalue weighted by molar-refractivity contribution is 6.39. The first kappa shape index (κ1) is 16.0. The van der Waals surface area contributed by atoms with Gasteiger partial charge in [0.25, 0.3) is 0 Å². The number of amides is 2. The van der Waals surface area contributed by atoms with Gasteiger partial charge < -0.3 is 15.0 Å². The summed E-state index contributed by atoms with van der Waals surface area (Å²) in [6.07, 6.45) is 4.07. The Labute approximate surface area is 129 Å². The van der Waals surface area contributed by atoms with Gasteiger partial charge in [-0.1, -0.05) is 12.8 Å². The Morgan fingerprint density at radius 1 is 1.00 bits per heavy atom. The van der Waals surface area contributed by atoms with Crippen LogP contribution in [0, 0.1) is 0 Å². The topological polar surface area (TPSA) is 75.7 Å². The van der Waals surface area contributed by atoms with Gasteiger partial charge in [-0.2, -0.15) is 0 Å². The Balaban J connectivity index is 1.95. The van der Waals surface area contributed by atoms with Crippen molar-refractivity contribution in [1.82, 2.24) is 4.90 Å². The lowest BCUT2D eigenvalue weighted by atomic mass is 10.2. The third-order valence-corrected chi connectivity index (χ3v) is 3.65. The summed E-state index contributed by atoms with van der Waals surface area (Å²) in [5, 5.41) is 2.56. The monoisotopic (exact) mass is 304 g/mol. The van der Waals surface area contributed by atoms with Gasteiger partial charge in [0.1, 0.15) is 0 Å². The van der Waals surface area contributed by atoms with Crippen LogP contribution in [-0.4, -0.2) is 42.9 Å². The van der Waals surface area contributed by atoms with E-state index in [4.69, 9.17) is 0 Å². The average molecular weight is 304 g/mol. The van der Waals surface area contributed by atoms with Crippen molar-refractivity contribution in [2.45, 2.75) is 25.7 Å². The van der Waals surface area contributed by atoms with Crippen molar-refractivity contribution >= 4 is 23.5 Å². The van der Waals surface area contributed by atoms with E-state index >= 15 is 0 Å². The SMILES string of the molecule is COC(=O)c1ccc(NC(=O)C(=O)N2CCCCCC2)cc1. The minimum absolute atomic E-state index is 0.388. The fourth-order valence-corrected chi connectivity index (χ4v) is 2.41. The number of methoxy groups -OCH3 is 1. The summed E-state index contributed by atoms with van der Waals surface area (Å²) in [5.41, 5.74) is 0.861. The predicted molar refractivity (Wildman–Crippen MR) is 81.5 cm³/mol. The Bertz CT molecular complexity index is 546. The normalized spacial score (nSPS) is 14.9. The van der Waals surface area contributed by atoms with E-state index in [0.717, 1.165) is 25.7 Å². The van der Waals surface area contributed by atoms with Gasteiger partial charge in [0.2, 0.25) is 0 Å². The van der Waals surface area contributed by atoms with E-state index in [0.29, 0.717) is 24.3 Å². The molecule has 0 aromatic heterocycles. The van der Waals surface area contributed by atoms with Gasteiger partial charge >= 0.3 is 17.8 Å². The van der Waals surface area contributed by atoms with Crippen LogP contribution < -0.4 is 5.32 Å². The maximum Gasteiger partial charge on any atom is 0.337 e. The first-order chi connectivity index (χ1) is 10.6. The number of nitrogens with zero attached hydrogens (tertiary/aromatic N) is 1. The number of hydrogen-bond acceptors (Lipinski definition) is 4. The van der Waals surface area contributed by atoms with Crippen LogP contribution >= 0.6 is 0 Å². The summed E-state index contributed by atoms with van der Waals surface area (Å²) in [5.74, 6) is -1.59. The van der Waals surface area contributed by atoms with Crippen molar-refractivity contribution in [3.05, 3.63) is 29.8 Å². The number of benzene rings is 1. The van der Waals surface area contributed by atoms with Gasteiger partial charge in [-0.15, -0.1) is 0 Å². The molecule has 1 aliphatic heterocycles. The minimum atomic E-state index is -0.646. The molecule has 0 atom stereocenters. The molecule has 0 unspecified atom stereocenters. The standard InChI is InChI=1S/C16H20N2O4/c1-22-16(21)12-6-8-13(9-7-12)17-14(19)15(20)18-10-4-2-3-5-11-18/h6-9H,2-5,10-11H2,1H3,(H,17,19). The van der Waals surface area contributed by atoms with Crippen LogP contribution in [0.3, 0.4) is 0 Å². The van der Waals surface area contributed by atoms with Crippen LogP contribution in [0.4, 0.5) is 5.69 Å². The lowest BCUT2D eigenvalue weighted by molar-refractivity contribution is -0.143. The smallest absolute Gasteiger partial charge is 0.337 e. The fourth-order valence-electron chi connectivity index (χ4n) is 2.41. The molecule has 1 aliphatic rings. The Hall–Kier alpha value is -2.37. The average Bonchev–Trinajstić information content (AvgIpc) is 2.83. The number of esters is 1. The summed E-state index contributed by atoms with van der Waals surface area (Å²) < 4.78 is 4.60. The molecule has 1 aromatic carbocycles. The predicted octanol–water partition coefficient (Wildman–Crippen LogP) is 1.81. The maximum atomic E-state index is 12.1. The molecule has 6 nitrogen and oxygen atoms in total. The van der Waals surface area contributed by atoms with E-state index < -0.39 is 17.8 Å². The van der Waals surface area contributed by atoms with Crippen LogP contribution in [-0.2, 0) is 14.3 Å².